The second kappa shape index (κ2) is 7.94. The standard InChI is InChI=1S/C18H21N3O4/c1-2-6-13-9-14(25-21-13)10-19-18(23)17-16(20-15(22)11-24-17)12-7-4-3-5-8-12/h3-5,7-9,16-17H,2,6,10-11H2,1H3,(H,19,23)(H,20,22)/t16-,17+/m1/s1. The highest BCUT2D eigenvalue weighted by molar-refractivity contribution is 5.86. The average Bonchev–Trinajstić information content (AvgIpc) is 3.08. The van der Waals surface area contributed by atoms with Gasteiger partial charge in [-0.3, -0.25) is 9.59 Å². The summed E-state index contributed by atoms with van der Waals surface area (Å²) in [5.74, 6) is 0.0487. The SMILES string of the molecule is CCCc1cc(CNC(=O)[C@H]2OCC(=O)N[C@@H]2c2ccccc2)on1. The predicted octanol–water partition coefficient (Wildman–Crippen LogP) is 1.50. The Morgan fingerprint density at radius 2 is 2.16 bits per heavy atom. The number of nitrogens with one attached hydrogen (secondary N) is 2. The molecule has 132 valence electrons. The van der Waals surface area contributed by atoms with Crippen molar-refractivity contribution in [3.63, 3.8) is 0 Å². The zero-order chi connectivity index (χ0) is 17.6. The molecule has 2 N–H and O–H groups in total. The maximum atomic E-state index is 12.5. The Kier molecular flexibility index (Phi) is 5.45. The number of hydrogen-bond acceptors (Lipinski definition) is 5. The maximum Gasteiger partial charge on any atom is 0.252 e. The third kappa shape index (κ3) is 4.24. The summed E-state index contributed by atoms with van der Waals surface area (Å²) in [6.45, 7) is 2.16. The molecule has 3 rings (SSSR count). The number of carbonyl (C=O) groups excluding carboxylic acids is 2. The van der Waals surface area contributed by atoms with Crippen molar-refractivity contribution in [3.8, 4) is 0 Å². The summed E-state index contributed by atoms with van der Waals surface area (Å²) in [4.78, 5) is 24.2. The minimum absolute atomic E-state index is 0.135. The van der Waals surface area contributed by atoms with E-state index in [4.69, 9.17) is 9.26 Å². The van der Waals surface area contributed by atoms with E-state index in [-0.39, 0.29) is 25.0 Å². The van der Waals surface area contributed by atoms with Gasteiger partial charge in [0.1, 0.15) is 6.61 Å². The minimum Gasteiger partial charge on any atom is -0.359 e. The molecule has 1 aliphatic heterocycles. The van der Waals surface area contributed by atoms with E-state index in [1.54, 1.807) is 0 Å². The Labute approximate surface area is 145 Å². The molecule has 0 aliphatic carbocycles. The first-order valence-corrected chi connectivity index (χ1v) is 8.35. The number of benzene rings is 1. The van der Waals surface area contributed by atoms with Gasteiger partial charge in [-0.15, -0.1) is 0 Å². The molecule has 2 heterocycles. The van der Waals surface area contributed by atoms with Gasteiger partial charge in [0.15, 0.2) is 11.9 Å². The van der Waals surface area contributed by atoms with Gasteiger partial charge in [0.2, 0.25) is 5.91 Å². The molecule has 0 saturated carbocycles. The Hall–Kier alpha value is -2.67. The van der Waals surface area contributed by atoms with Crippen LogP contribution in [0.1, 0.15) is 36.4 Å². The van der Waals surface area contributed by atoms with Crippen LogP contribution in [-0.4, -0.2) is 29.7 Å². The lowest BCUT2D eigenvalue weighted by Crippen LogP contribution is -2.52. The normalized spacial score (nSPS) is 20.1. The molecular formula is C18H21N3O4. The monoisotopic (exact) mass is 343 g/mol. The van der Waals surface area contributed by atoms with Crippen molar-refractivity contribution in [2.45, 2.75) is 38.5 Å². The zero-order valence-electron chi connectivity index (χ0n) is 14.0. The van der Waals surface area contributed by atoms with Crippen LogP contribution in [0.4, 0.5) is 0 Å². The summed E-state index contributed by atoms with van der Waals surface area (Å²) in [6, 6.07) is 10.6. The Morgan fingerprint density at radius 3 is 2.92 bits per heavy atom. The van der Waals surface area contributed by atoms with Crippen LogP contribution in [0.5, 0.6) is 0 Å². The van der Waals surface area contributed by atoms with Crippen molar-refractivity contribution < 1.29 is 18.8 Å². The molecule has 1 aromatic carbocycles. The van der Waals surface area contributed by atoms with E-state index >= 15 is 0 Å². The molecule has 7 nitrogen and oxygen atoms in total. The van der Waals surface area contributed by atoms with Gasteiger partial charge in [0.25, 0.3) is 5.91 Å². The van der Waals surface area contributed by atoms with E-state index in [1.165, 1.54) is 0 Å². The number of aryl methyl sites for hydroxylation is 1. The molecule has 0 unspecified atom stereocenters. The van der Waals surface area contributed by atoms with Crippen LogP contribution in [0.15, 0.2) is 40.9 Å². The molecule has 2 amide bonds. The molecule has 25 heavy (non-hydrogen) atoms. The lowest BCUT2D eigenvalue weighted by atomic mass is 9.99. The van der Waals surface area contributed by atoms with Crippen molar-refractivity contribution in [3.05, 3.63) is 53.4 Å². The fourth-order valence-electron chi connectivity index (χ4n) is 2.79. The summed E-state index contributed by atoms with van der Waals surface area (Å²) >= 11 is 0. The quantitative estimate of drug-likeness (QED) is 0.829. The second-order valence-corrected chi connectivity index (χ2v) is 5.94. The van der Waals surface area contributed by atoms with E-state index < -0.39 is 12.1 Å². The molecule has 0 radical (unpaired) electrons. The number of ether oxygens (including phenoxy) is 1. The molecule has 2 aromatic rings. The largest absolute Gasteiger partial charge is 0.359 e. The fourth-order valence-corrected chi connectivity index (χ4v) is 2.79. The Balaban J connectivity index is 1.65. The molecule has 2 atom stereocenters. The van der Waals surface area contributed by atoms with Crippen LogP contribution in [0, 0.1) is 0 Å². The number of carbonyl (C=O) groups is 2. The van der Waals surface area contributed by atoms with E-state index in [2.05, 4.69) is 22.7 Å². The van der Waals surface area contributed by atoms with Crippen molar-refractivity contribution in [2.75, 3.05) is 6.61 Å². The molecule has 1 fully saturated rings. The van der Waals surface area contributed by atoms with Gasteiger partial charge in [-0.1, -0.05) is 48.8 Å². The van der Waals surface area contributed by atoms with Gasteiger partial charge >= 0.3 is 0 Å². The number of hydrogen-bond donors (Lipinski definition) is 2. The number of rotatable bonds is 6. The highest BCUT2D eigenvalue weighted by Crippen LogP contribution is 2.22. The summed E-state index contributed by atoms with van der Waals surface area (Å²) in [6.07, 6.45) is 1.02. The van der Waals surface area contributed by atoms with Crippen LogP contribution in [0.2, 0.25) is 0 Å². The first-order valence-electron chi connectivity index (χ1n) is 8.35. The van der Waals surface area contributed by atoms with Gasteiger partial charge in [-0.05, 0) is 12.0 Å². The van der Waals surface area contributed by atoms with E-state index in [1.807, 2.05) is 36.4 Å². The molecule has 1 saturated heterocycles. The van der Waals surface area contributed by atoms with Crippen LogP contribution < -0.4 is 10.6 Å². The number of morpholine rings is 1. The second-order valence-electron chi connectivity index (χ2n) is 5.94. The third-order valence-electron chi connectivity index (χ3n) is 3.98. The maximum absolute atomic E-state index is 12.5. The van der Waals surface area contributed by atoms with Crippen LogP contribution in [-0.2, 0) is 27.3 Å². The van der Waals surface area contributed by atoms with Crippen molar-refractivity contribution in [1.29, 1.82) is 0 Å². The van der Waals surface area contributed by atoms with Crippen LogP contribution >= 0.6 is 0 Å². The zero-order valence-corrected chi connectivity index (χ0v) is 14.0. The topological polar surface area (TPSA) is 93.5 Å². The first-order chi connectivity index (χ1) is 12.2. The smallest absolute Gasteiger partial charge is 0.252 e. The van der Waals surface area contributed by atoms with Gasteiger partial charge in [0, 0.05) is 6.07 Å². The van der Waals surface area contributed by atoms with E-state index in [0.29, 0.717) is 5.76 Å². The molecule has 7 heteroatoms. The molecule has 1 aromatic heterocycles. The number of amides is 2. The molecule has 0 spiro atoms. The summed E-state index contributed by atoms with van der Waals surface area (Å²) in [5, 5.41) is 9.57. The van der Waals surface area contributed by atoms with Crippen molar-refractivity contribution in [1.82, 2.24) is 15.8 Å². The minimum atomic E-state index is -0.793. The van der Waals surface area contributed by atoms with E-state index in [9.17, 15) is 9.59 Å². The fraction of sp³-hybridized carbons (Fsp3) is 0.389. The van der Waals surface area contributed by atoms with E-state index in [0.717, 1.165) is 24.1 Å². The number of aromatic nitrogens is 1. The average molecular weight is 343 g/mol. The van der Waals surface area contributed by atoms with Crippen LogP contribution in [0.3, 0.4) is 0 Å². The van der Waals surface area contributed by atoms with Gasteiger partial charge in [-0.2, -0.15) is 0 Å². The summed E-state index contributed by atoms with van der Waals surface area (Å²) < 4.78 is 10.7. The van der Waals surface area contributed by atoms with Gasteiger partial charge in [0.05, 0.1) is 18.3 Å². The van der Waals surface area contributed by atoms with Crippen molar-refractivity contribution >= 4 is 11.8 Å². The summed E-state index contributed by atoms with van der Waals surface area (Å²) in [5.41, 5.74) is 1.69. The first kappa shape index (κ1) is 17.2. The molecule has 1 aliphatic rings. The molecular weight excluding hydrogens is 322 g/mol. The summed E-state index contributed by atoms with van der Waals surface area (Å²) in [7, 11) is 0. The lowest BCUT2D eigenvalue weighted by molar-refractivity contribution is -0.148. The van der Waals surface area contributed by atoms with Gasteiger partial charge < -0.3 is 19.9 Å². The Bertz CT molecular complexity index is 729. The third-order valence-corrected chi connectivity index (χ3v) is 3.98. The highest BCUT2D eigenvalue weighted by atomic mass is 16.5. The van der Waals surface area contributed by atoms with Gasteiger partial charge in [-0.25, -0.2) is 0 Å². The van der Waals surface area contributed by atoms with Crippen LogP contribution in [0.25, 0.3) is 0 Å². The highest BCUT2D eigenvalue weighted by Gasteiger charge is 2.35. The Morgan fingerprint density at radius 1 is 1.36 bits per heavy atom. The predicted molar refractivity (Wildman–Crippen MR) is 89.4 cm³/mol. The lowest BCUT2D eigenvalue weighted by Gasteiger charge is -2.31. The number of nitrogens with zero attached hydrogens (tertiary/aromatic N) is 1. The van der Waals surface area contributed by atoms with Crippen molar-refractivity contribution in [2.24, 2.45) is 0 Å². The molecule has 0 bridgehead atoms.